The van der Waals surface area contributed by atoms with E-state index in [1.54, 1.807) is 33.5 Å². The smallest absolute Gasteiger partial charge is 0.168 e. The van der Waals surface area contributed by atoms with Gasteiger partial charge in [0.15, 0.2) is 11.5 Å². The fourth-order valence-electron chi connectivity index (χ4n) is 1.24. The Morgan fingerprint density at radius 1 is 1.07 bits per heavy atom. The highest BCUT2D eigenvalue weighted by Gasteiger charge is 2.10. The molecular weight excluding hydrogens is 180 g/mol. The van der Waals surface area contributed by atoms with E-state index in [-0.39, 0.29) is 0 Å². The third kappa shape index (κ3) is 1.82. The van der Waals surface area contributed by atoms with Crippen LogP contribution in [0, 0.1) is 0 Å². The minimum atomic E-state index is 0.641. The Hall–Kier alpha value is -1.64. The minimum absolute atomic E-state index is 0.641. The standard InChI is InChI=1S/C11H14O3/c1-5-8-6-9(12-2)7-10(13-3)11(8)14-4/h5-7H,1H2,2-4H3. The van der Waals surface area contributed by atoms with Crippen LogP contribution in [0.15, 0.2) is 18.7 Å². The second kappa shape index (κ2) is 4.56. The van der Waals surface area contributed by atoms with Crippen LogP contribution in [-0.2, 0) is 0 Å². The third-order valence-corrected chi connectivity index (χ3v) is 1.94. The molecule has 0 heterocycles. The lowest BCUT2D eigenvalue weighted by atomic mass is 10.1. The lowest BCUT2D eigenvalue weighted by molar-refractivity contribution is 0.348. The molecule has 0 aliphatic rings. The van der Waals surface area contributed by atoms with Crippen molar-refractivity contribution in [3.05, 3.63) is 24.3 Å². The number of hydrogen-bond acceptors (Lipinski definition) is 3. The fraction of sp³-hybridized carbons (Fsp3) is 0.273. The van der Waals surface area contributed by atoms with Crippen molar-refractivity contribution in [2.75, 3.05) is 21.3 Å². The van der Waals surface area contributed by atoms with Gasteiger partial charge in [0.25, 0.3) is 0 Å². The Kier molecular flexibility index (Phi) is 3.40. The molecule has 1 rings (SSSR count). The van der Waals surface area contributed by atoms with Crippen LogP contribution in [0.25, 0.3) is 6.08 Å². The molecule has 0 spiro atoms. The summed E-state index contributed by atoms with van der Waals surface area (Å²) in [4.78, 5) is 0. The van der Waals surface area contributed by atoms with Crippen molar-refractivity contribution in [2.45, 2.75) is 0 Å². The second-order valence-corrected chi connectivity index (χ2v) is 2.66. The van der Waals surface area contributed by atoms with Gasteiger partial charge in [-0.2, -0.15) is 0 Å². The molecule has 0 atom stereocenters. The van der Waals surface area contributed by atoms with Crippen molar-refractivity contribution < 1.29 is 14.2 Å². The van der Waals surface area contributed by atoms with Gasteiger partial charge in [0, 0.05) is 11.6 Å². The number of ether oxygens (including phenoxy) is 3. The molecule has 3 heteroatoms. The zero-order valence-electron chi connectivity index (χ0n) is 8.66. The Bertz CT molecular complexity index is 332. The monoisotopic (exact) mass is 194 g/mol. The molecule has 0 saturated carbocycles. The SMILES string of the molecule is C=Cc1cc(OC)cc(OC)c1OC. The molecule has 0 aliphatic heterocycles. The molecule has 0 bridgehead atoms. The third-order valence-electron chi connectivity index (χ3n) is 1.94. The van der Waals surface area contributed by atoms with Gasteiger partial charge in [0.2, 0.25) is 0 Å². The van der Waals surface area contributed by atoms with Gasteiger partial charge in [-0.25, -0.2) is 0 Å². The Labute approximate surface area is 83.9 Å². The molecule has 0 unspecified atom stereocenters. The second-order valence-electron chi connectivity index (χ2n) is 2.66. The molecule has 0 saturated heterocycles. The highest BCUT2D eigenvalue weighted by molar-refractivity contribution is 5.64. The average Bonchev–Trinajstić information content (AvgIpc) is 2.26. The summed E-state index contributed by atoms with van der Waals surface area (Å²) in [5.74, 6) is 2.03. The topological polar surface area (TPSA) is 27.7 Å². The first-order valence-electron chi connectivity index (χ1n) is 4.19. The molecule has 0 aliphatic carbocycles. The quantitative estimate of drug-likeness (QED) is 0.736. The van der Waals surface area contributed by atoms with Crippen LogP contribution in [-0.4, -0.2) is 21.3 Å². The Morgan fingerprint density at radius 2 is 1.79 bits per heavy atom. The average molecular weight is 194 g/mol. The molecule has 14 heavy (non-hydrogen) atoms. The van der Waals surface area contributed by atoms with Crippen molar-refractivity contribution in [1.82, 2.24) is 0 Å². The van der Waals surface area contributed by atoms with Crippen LogP contribution in [0.1, 0.15) is 5.56 Å². The maximum atomic E-state index is 5.21. The zero-order valence-corrected chi connectivity index (χ0v) is 8.66. The molecule has 1 aromatic carbocycles. The van der Waals surface area contributed by atoms with E-state index in [1.165, 1.54) is 0 Å². The van der Waals surface area contributed by atoms with Crippen LogP contribution in [0.3, 0.4) is 0 Å². The summed E-state index contributed by atoms with van der Waals surface area (Å²) in [6, 6.07) is 3.61. The molecule has 76 valence electrons. The normalized spacial score (nSPS) is 9.36. The van der Waals surface area contributed by atoms with Gasteiger partial charge in [-0.05, 0) is 6.07 Å². The molecule has 0 aromatic heterocycles. The summed E-state index contributed by atoms with van der Waals surface area (Å²) < 4.78 is 15.5. The first kappa shape index (κ1) is 10.4. The predicted octanol–water partition coefficient (Wildman–Crippen LogP) is 2.36. The molecule has 0 N–H and O–H groups in total. The van der Waals surface area contributed by atoms with Gasteiger partial charge in [0.1, 0.15) is 5.75 Å². The van der Waals surface area contributed by atoms with Crippen LogP contribution >= 0.6 is 0 Å². The molecule has 3 nitrogen and oxygen atoms in total. The van der Waals surface area contributed by atoms with Gasteiger partial charge >= 0.3 is 0 Å². The number of rotatable bonds is 4. The number of hydrogen-bond donors (Lipinski definition) is 0. The maximum absolute atomic E-state index is 5.21. The summed E-state index contributed by atoms with van der Waals surface area (Å²) in [6.07, 6.45) is 1.70. The Balaban J connectivity index is 3.31. The lowest BCUT2D eigenvalue weighted by Crippen LogP contribution is -1.94. The van der Waals surface area contributed by atoms with Gasteiger partial charge in [-0.15, -0.1) is 0 Å². The summed E-state index contributed by atoms with van der Waals surface area (Å²) >= 11 is 0. The summed E-state index contributed by atoms with van der Waals surface area (Å²) in [7, 11) is 4.79. The largest absolute Gasteiger partial charge is 0.497 e. The van der Waals surface area contributed by atoms with E-state index in [2.05, 4.69) is 6.58 Å². The van der Waals surface area contributed by atoms with Crippen LogP contribution in [0.5, 0.6) is 17.2 Å². The first-order valence-corrected chi connectivity index (χ1v) is 4.19. The maximum Gasteiger partial charge on any atom is 0.168 e. The molecule has 0 fully saturated rings. The van der Waals surface area contributed by atoms with Gasteiger partial charge in [-0.1, -0.05) is 12.7 Å². The van der Waals surface area contributed by atoms with Gasteiger partial charge in [-0.3, -0.25) is 0 Å². The fourth-order valence-corrected chi connectivity index (χ4v) is 1.24. The van der Waals surface area contributed by atoms with Crippen molar-refractivity contribution in [3.63, 3.8) is 0 Å². The van der Waals surface area contributed by atoms with E-state index < -0.39 is 0 Å². The highest BCUT2D eigenvalue weighted by atomic mass is 16.5. The van der Waals surface area contributed by atoms with E-state index >= 15 is 0 Å². The van der Waals surface area contributed by atoms with Crippen molar-refractivity contribution in [2.24, 2.45) is 0 Å². The molecule has 0 amide bonds. The molecular formula is C11H14O3. The number of methoxy groups -OCH3 is 3. The minimum Gasteiger partial charge on any atom is -0.497 e. The number of benzene rings is 1. The highest BCUT2D eigenvalue weighted by Crippen LogP contribution is 2.35. The van der Waals surface area contributed by atoms with Crippen LogP contribution in [0.2, 0.25) is 0 Å². The van der Waals surface area contributed by atoms with Crippen molar-refractivity contribution >= 4 is 6.08 Å². The molecule has 0 radical (unpaired) electrons. The summed E-state index contributed by atoms with van der Waals surface area (Å²) in [5.41, 5.74) is 0.851. The van der Waals surface area contributed by atoms with Crippen LogP contribution in [0.4, 0.5) is 0 Å². The first-order chi connectivity index (χ1) is 6.76. The lowest BCUT2D eigenvalue weighted by Gasteiger charge is -2.12. The summed E-state index contributed by atoms with van der Waals surface area (Å²) in [5, 5.41) is 0. The Morgan fingerprint density at radius 3 is 2.21 bits per heavy atom. The van der Waals surface area contributed by atoms with E-state index in [0.717, 1.165) is 11.3 Å². The van der Waals surface area contributed by atoms with E-state index in [9.17, 15) is 0 Å². The van der Waals surface area contributed by atoms with Crippen molar-refractivity contribution in [3.8, 4) is 17.2 Å². The van der Waals surface area contributed by atoms with Crippen molar-refractivity contribution in [1.29, 1.82) is 0 Å². The van der Waals surface area contributed by atoms with E-state index in [0.29, 0.717) is 11.5 Å². The van der Waals surface area contributed by atoms with Gasteiger partial charge in [0.05, 0.1) is 21.3 Å². The van der Waals surface area contributed by atoms with Gasteiger partial charge < -0.3 is 14.2 Å². The summed E-state index contributed by atoms with van der Waals surface area (Å²) in [6.45, 7) is 3.70. The van der Waals surface area contributed by atoms with Crippen LogP contribution < -0.4 is 14.2 Å². The van der Waals surface area contributed by atoms with E-state index in [1.807, 2.05) is 6.07 Å². The molecule has 1 aromatic rings. The zero-order chi connectivity index (χ0) is 10.6. The van der Waals surface area contributed by atoms with E-state index in [4.69, 9.17) is 14.2 Å². The predicted molar refractivity (Wildman–Crippen MR) is 56.2 cm³/mol.